The molecule has 0 aliphatic rings. The van der Waals surface area contributed by atoms with Gasteiger partial charge in [0.25, 0.3) is 5.69 Å². The van der Waals surface area contributed by atoms with E-state index in [0.717, 1.165) is 24.3 Å². The fraction of sp³-hybridized carbons (Fsp3) is 0.417. The summed E-state index contributed by atoms with van der Waals surface area (Å²) >= 11 is 0. The maximum absolute atomic E-state index is 10.8. The smallest absolute Gasteiger partial charge is 0.269 e. The molecule has 0 radical (unpaired) electrons. The van der Waals surface area contributed by atoms with E-state index < -0.39 is 4.92 Å². The van der Waals surface area contributed by atoms with Crippen molar-refractivity contribution in [3.8, 4) is 28.7 Å². The summed E-state index contributed by atoms with van der Waals surface area (Å²) in [5.41, 5.74) is 1.45. The van der Waals surface area contributed by atoms with Crippen LogP contribution >= 0.6 is 0 Å². The fourth-order valence-electron chi connectivity index (χ4n) is 3.30. The Morgan fingerprint density at radius 2 is 1.32 bits per heavy atom. The molecule has 3 aromatic rings. The second-order valence-electron chi connectivity index (χ2n) is 7.56. The van der Waals surface area contributed by atoms with Crippen LogP contribution in [0.5, 0.6) is 5.75 Å². The molecule has 0 unspecified atom stereocenters. The van der Waals surface area contributed by atoms with E-state index in [9.17, 15) is 10.1 Å². The largest absolute Gasteiger partial charge is 0.494 e. The molecule has 0 saturated heterocycles. The van der Waals surface area contributed by atoms with E-state index in [4.69, 9.17) is 9.15 Å². The zero-order valence-electron chi connectivity index (χ0n) is 18.0. The van der Waals surface area contributed by atoms with E-state index in [2.05, 4.69) is 17.1 Å². The Kier molecular flexibility index (Phi) is 8.58. The number of benzene rings is 2. The highest BCUT2D eigenvalue weighted by molar-refractivity contribution is 5.59. The third-order valence-corrected chi connectivity index (χ3v) is 5.12. The Labute approximate surface area is 182 Å². The molecule has 0 amide bonds. The van der Waals surface area contributed by atoms with E-state index in [1.807, 2.05) is 24.3 Å². The average Bonchev–Trinajstić information content (AvgIpc) is 3.29. The highest BCUT2D eigenvalue weighted by Crippen LogP contribution is 2.26. The van der Waals surface area contributed by atoms with E-state index in [1.54, 1.807) is 12.1 Å². The van der Waals surface area contributed by atoms with Crippen LogP contribution in [0.25, 0.3) is 22.9 Å². The van der Waals surface area contributed by atoms with Gasteiger partial charge in [-0.05, 0) is 42.8 Å². The summed E-state index contributed by atoms with van der Waals surface area (Å²) in [5.74, 6) is 1.53. The number of hydrogen-bond donors (Lipinski definition) is 0. The quantitative estimate of drug-likeness (QED) is 0.170. The molecule has 164 valence electrons. The first-order valence-corrected chi connectivity index (χ1v) is 11.0. The third kappa shape index (κ3) is 6.91. The van der Waals surface area contributed by atoms with E-state index in [0.29, 0.717) is 17.3 Å². The van der Waals surface area contributed by atoms with Gasteiger partial charge in [-0.25, -0.2) is 0 Å². The van der Waals surface area contributed by atoms with Crippen molar-refractivity contribution in [3.63, 3.8) is 0 Å². The lowest BCUT2D eigenvalue weighted by Crippen LogP contribution is -1.97. The topological polar surface area (TPSA) is 91.3 Å². The molecule has 7 heteroatoms. The third-order valence-electron chi connectivity index (χ3n) is 5.12. The lowest BCUT2D eigenvalue weighted by atomic mass is 10.1. The molecule has 1 heterocycles. The Morgan fingerprint density at radius 3 is 1.87 bits per heavy atom. The summed E-state index contributed by atoms with van der Waals surface area (Å²) in [6.07, 6.45) is 10.2. The minimum absolute atomic E-state index is 0.0195. The van der Waals surface area contributed by atoms with Crippen LogP contribution in [0.4, 0.5) is 5.69 Å². The fourth-order valence-corrected chi connectivity index (χ4v) is 3.30. The van der Waals surface area contributed by atoms with Gasteiger partial charge in [-0.2, -0.15) is 0 Å². The summed E-state index contributed by atoms with van der Waals surface area (Å²) in [4.78, 5) is 10.3. The zero-order chi connectivity index (χ0) is 21.9. The molecule has 7 nitrogen and oxygen atoms in total. The minimum Gasteiger partial charge on any atom is -0.494 e. The Bertz CT molecular complexity index is 936. The number of aromatic nitrogens is 2. The Balaban J connectivity index is 1.44. The molecular weight excluding hydrogens is 394 g/mol. The SMILES string of the molecule is CCCCCCCCCCOc1ccc(-c2nnc(-c3ccc([N+](=O)[O-])cc3)o2)cc1. The van der Waals surface area contributed by atoms with Crippen LogP contribution in [0.2, 0.25) is 0 Å². The number of rotatable bonds is 13. The van der Waals surface area contributed by atoms with Crippen LogP contribution in [0, 0.1) is 10.1 Å². The van der Waals surface area contributed by atoms with Crippen molar-refractivity contribution in [3.05, 3.63) is 58.6 Å². The van der Waals surface area contributed by atoms with Gasteiger partial charge in [-0.15, -0.1) is 10.2 Å². The lowest BCUT2D eigenvalue weighted by molar-refractivity contribution is -0.384. The highest BCUT2D eigenvalue weighted by Gasteiger charge is 2.12. The molecule has 0 atom stereocenters. The summed E-state index contributed by atoms with van der Waals surface area (Å²) in [7, 11) is 0. The van der Waals surface area contributed by atoms with Crippen molar-refractivity contribution in [1.29, 1.82) is 0 Å². The first-order chi connectivity index (χ1) is 15.2. The van der Waals surface area contributed by atoms with Crippen molar-refractivity contribution >= 4 is 5.69 Å². The van der Waals surface area contributed by atoms with Crippen LogP contribution < -0.4 is 4.74 Å². The van der Waals surface area contributed by atoms with Gasteiger partial charge in [-0.3, -0.25) is 10.1 Å². The molecule has 3 rings (SSSR count). The normalized spacial score (nSPS) is 10.9. The molecule has 0 bridgehead atoms. The molecule has 0 aliphatic carbocycles. The van der Waals surface area contributed by atoms with Crippen LogP contribution in [-0.4, -0.2) is 21.7 Å². The van der Waals surface area contributed by atoms with Crippen molar-refractivity contribution in [2.24, 2.45) is 0 Å². The Morgan fingerprint density at radius 1 is 0.806 bits per heavy atom. The Hall–Kier alpha value is -3.22. The molecule has 0 N–H and O–H groups in total. The zero-order valence-corrected chi connectivity index (χ0v) is 18.0. The first kappa shape index (κ1) is 22.5. The number of nitro benzene ring substituents is 1. The summed E-state index contributed by atoms with van der Waals surface area (Å²) < 4.78 is 11.5. The van der Waals surface area contributed by atoms with Gasteiger partial charge >= 0.3 is 0 Å². The van der Waals surface area contributed by atoms with Gasteiger partial charge in [0.1, 0.15) is 5.75 Å². The van der Waals surface area contributed by atoms with Crippen LogP contribution in [0.1, 0.15) is 58.3 Å². The summed E-state index contributed by atoms with van der Waals surface area (Å²) in [6, 6.07) is 13.6. The number of non-ortho nitro benzene ring substituents is 1. The van der Waals surface area contributed by atoms with E-state index >= 15 is 0 Å². The van der Waals surface area contributed by atoms with Gasteiger partial charge in [0.2, 0.25) is 11.8 Å². The van der Waals surface area contributed by atoms with E-state index in [1.165, 1.54) is 57.1 Å². The van der Waals surface area contributed by atoms with Crippen molar-refractivity contribution in [2.45, 2.75) is 58.3 Å². The molecule has 1 aromatic heterocycles. The predicted octanol–water partition coefficient (Wildman–Crippen LogP) is 6.83. The highest BCUT2D eigenvalue weighted by atomic mass is 16.6. The summed E-state index contributed by atoms with van der Waals surface area (Å²) in [5, 5.41) is 18.9. The number of hydrogen-bond acceptors (Lipinski definition) is 6. The molecular formula is C24H29N3O4. The number of unbranched alkanes of at least 4 members (excludes halogenated alkanes) is 7. The lowest BCUT2D eigenvalue weighted by Gasteiger charge is -2.06. The van der Waals surface area contributed by atoms with Crippen LogP contribution in [0.15, 0.2) is 52.9 Å². The van der Waals surface area contributed by atoms with E-state index in [-0.39, 0.29) is 5.69 Å². The van der Waals surface area contributed by atoms with Crippen molar-refractivity contribution in [1.82, 2.24) is 10.2 Å². The summed E-state index contributed by atoms with van der Waals surface area (Å²) in [6.45, 7) is 2.96. The maximum Gasteiger partial charge on any atom is 0.269 e. The van der Waals surface area contributed by atoms with Crippen LogP contribution in [0.3, 0.4) is 0 Å². The molecule has 2 aromatic carbocycles. The van der Waals surface area contributed by atoms with Crippen molar-refractivity contribution in [2.75, 3.05) is 6.61 Å². The van der Waals surface area contributed by atoms with Gasteiger partial charge in [-0.1, -0.05) is 51.9 Å². The monoisotopic (exact) mass is 423 g/mol. The second-order valence-corrected chi connectivity index (χ2v) is 7.56. The van der Waals surface area contributed by atoms with Crippen molar-refractivity contribution < 1.29 is 14.1 Å². The molecule has 0 spiro atoms. The maximum atomic E-state index is 10.8. The standard InChI is InChI=1S/C24H29N3O4/c1-2-3-4-5-6-7-8-9-18-30-22-16-12-20(13-17-22)24-26-25-23(31-24)19-10-14-21(15-11-19)27(28)29/h10-17H,2-9,18H2,1H3. The second kappa shape index (κ2) is 11.8. The van der Waals surface area contributed by atoms with Gasteiger partial charge < -0.3 is 9.15 Å². The molecule has 31 heavy (non-hydrogen) atoms. The molecule has 0 aliphatic heterocycles. The predicted molar refractivity (Wildman–Crippen MR) is 120 cm³/mol. The average molecular weight is 424 g/mol. The van der Waals surface area contributed by atoms with Crippen LogP contribution in [-0.2, 0) is 0 Å². The minimum atomic E-state index is -0.443. The first-order valence-electron chi connectivity index (χ1n) is 11.0. The molecule has 0 saturated carbocycles. The van der Waals surface area contributed by atoms with Gasteiger partial charge in [0.15, 0.2) is 0 Å². The number of ether oxygens (including phenoxy) is 1. The number of nitrogens with zero attached hydrogens (tertiary/aromatic N) is 3. The number of nitro groups is 1. The van der Waals surface area contributed by atoms with Gasteiger partial charge in [0, 0.05) is 23.3 Å². The van der Waals surface area contributed by atoms with Gasteiger partial charge in [0.05, 0.1) is 11.5 Å². The molecule has 0 fully saturated rings.